The molecule has 5 nitrogen and oxygen atoms in total. The standard InChI is InChI=1S/C25H26N2O3S/c1-29-22-14-9-18(17-23(22)30-2)15-16-26-25(28)24(27-31-3)21-12-10-20(11-13-21)19-7-5-4-6-8-19/h4-14,17H,15-16H2,1-3H3,(H,26,28)/b27-24-. The van der Waals surface area contributed by atoms with E-state index in [-0.39, 0.29) is 5.91 Å². The molecule has 0 aliphatic carbocycles. The Balaban J connectivity index is 1.65. The number of hydrogen-bond donors (Lipinski definition) is 1. The molecule has 6 heteroatoms. The van der Waals surface area contributed by atoms with Crippen LogP contribution in [0.15, 0.2) is 77.2 Å². The molecule has 0 aliphatic heterocycles. The maximum absolute atomic E-state index is 12.8. The van der Waals surface area contributed by atoms with Crippen molar-refractivity contribution in [2.45, 2.75) is 6.42 Å². The molecule has 0 saturated heterocycles. The van der Waals surface area contributed by atoms with Crippen LogP contribution < -0.4 is 14.8 Å². The van der Waals surface area contributed by atoms with Crippen molar-refractivity contribution in [2.24, 2.45) is 4.40 Å². The van der Waals surface area contributed by atoms with E-state index in [1.54, 1.807) is 14.2 Å². The average Bonchev–Trinajstić information content (AvgIpc) is 2.83. The van der Waals surface area contributed by atoms with Crippen LogP contribution in [-0.4, -0.2) is 38.6 Å². The van der Waals surface area contributed by atoms with Crippen molar-refractivity contribution in [3.63, 3.8) is 0 Å². The first kappa shape index (κ1) is 22.4. The second-order valence-corrected chi connectivity index (χ2v) is 7.31. The predicted molar refractivity (Wildman–Crippen MR) is 128 cm³/mol. The number of ether oxygens (including phenoxy) is 2. The number of amides is 1. The van der Waals surface area contributed by atoms with Gasteiger partial charge in [0, 0.05) is 18.4 Å². The molecule has 0 aliphatic rings. The topological polar surface area (TPSA) is 59.9 Å². The van der Waals surface area contributed by atoms with Crippen LogP contribution >= 0.6 is 11.9 Å². The van der Waals surface area contributed by atoms with E-state index in [2.05, 4.69) is 21.8 Å². The van der Waals surface area contributed by atoms with Crippen LogP contribution in [0.4, 0.5) is 0 Å². The van der Waals surface area contributed by atoms with Gasteiger partial charge in [0.25, 0.3) is 5.91 Å². The Morgan fingerprint density at radius 2 is 1.58 bits per heavy atom. The van der Waals surface area contributed by atoms with Crippen LogP contribution in [0.3, 0.4) is 0 Å². The predicted octanol–water partition coefficient (Wildman–Crippen LogP) is 4.80. The third-order valence-electron chi connectivity index (χ3n) is 4.81. The van der Waals surface area contributed by atoms with Gasteiger partial charge in [-0.15, -0.1) is 0 Å². The zero-order valence-corrected chi connectivity index (χ0v) is 18.7. The van der Waals surface area contributed by atoms with E-state index in [0.29, 0.717) is 30.2 Å². The van der Waals surface area contributed by atoms with Gasteiger partial charge in [-0.25, -0.2) is 4.40 Å². The minimum absolute atomic E-state index is 0.192. The van der Waals surface area contributed by atoms with Gasteiger partial charge in [0.2, 0.25) is 0 Å². The van der Waals surface area contributed by atoms with E-state index in [0.717, 1.165) is 22.3 Å². The lowest BCUT2D eigenvalue weighted by molar-refractivity contribution is -0.114. The molecule has 0 heterocycles. The lowest BCUT2D eigenvalue weighted by Crippen LogP contribution is -2.33. The fourth-order valence-electron chi connectivity index (χ4n) is 3.21. The highest BCUT2D eigenvalue weighted by Gasteiger charge is 2.14. The lowest BCUT2D eigenvalue weighted by atomic mass is 10.0. The second kappa shape index (κ2) is 11.2. The summed E-state index contributed by atoms with van der Waals surface area (Å²) >= 11 is 1.27. The molecular weight excluding hydrogens is 408 g/mol. The van der Waals surface area contributed by atoms with E-state index in [4.69, 9.17) is 9.47 Å². The minimum Gasteiger partial charge on any atom is -0.493 e. The zero-order valence-electron chi connectivity index (χ0n) is 17.9. The molecule has 31 heavy (non-hydrogen) atoms. The van der Waals surface area contributed by atoms with Crippen molar-refractivity contribution in [3.05, 3.63) is 83.9 Å². The minimum atomic E-state index is -0.192. The molecule has 3 rings (SSSR count). The van der Waals surface area contributed by atoms with Crippen molar-refractivity contribution >= 4 is 23.6 Å². The van der Waals surface area contributed by atoms with E-state index >= 15 is 0 Å². The van der Waals surface area contributed by atoms with Gasteiger partial charge in [-0.3, -0.25) is 4.79 Å². The van der Waals surface area contributed by atoms with E-state index in [9.17, 15) is 4.79 Å². The molecule has 3 aromatic carbocycles. The maximum atomic E-state index is 12.8. The van der Waals surface area contributed by atoms with Crippen LogP contribution in [0.1, 0.15) is 11.1 Å². The summed E-state index contributed by atoms with van der Waals surface area (Å²) in [6, 6.07) is 23.8. The Morgan fingerprint density at radius 1 is 0.903 bits per heavy atom. The van der Waals surface area contributed by atoms with Crippen molar-refractivity contribution in [1.29, 1.82) is 0 Å². The monoisotopic (exact) mass is 434 g/mol. The Bertz CT molecular complexity index is 1030. The van der Waals surface area contributed by atoms with Crippen LogP contribution in [0.5, 0.6) is 11.5 Å². The molecule has 0 unspecified atom stereocenters. The second-order valence-electron chi connectivity index (χ2n) is 6.76. The SMILES string of the molecule is COc1ccc(CCNC(=O)/C(=N\SC)c2ccc(-c3ccccc3)cc2)cc1OC. The van der Waals surface area contributed by atoms with Crippen LogP contribution in [0.25, 0.3) is 11.1 Å². The summed E-state index contributed by atoms with van der Waals surface area (Å²) in [5.41, 5.74) is 4.49. The number of rotatable bonds is 9. The largest absolute Gasteiger partial charge is 0.493 e. The first-order valence-corrected chi connectivity index (χ1v) is 11.1. The summed E-state index contributed by atoms with van der Waals surface area (Å²) in [4.78, 5) is 12.8. The van der Waals surface area contributed by atoms with Crippen LogP contribution in [0, 0.1) is 0 Å². The van der Waals surface area contributed by atoms with Gasteiger partial charge in [-0.1, -0.05) is 60.7 Å². The molecular formula is C25H26N2O3S. The summed E-state index contributed by atoms with van der Waals surface area (Å²) in [7, 11) is 3.22. The Morgan fingerprint density at radius 3 is 2.23 bits per heavy atom. The number of nitrogens with one attached hydrogen (secondary N) is 1. The Hall–Kier alpha value is -3.25. The van der Waals surface area contributed by atoms with Crippen LogP contribution in [-0.2, 0) is 11.2 Å². The van der Waals surface area contributed by atoms with Gasteiger partial charge in [-0.05, 0) is 47.2 Å². The number of hydrogen-bond acceptors (Lipinski definition) is 5. The Labute approximate surface area is 187 Å². The average molecular weight is 435 g/mol. The molecule has 160 valence electrons. The maximum Gasteiger partial charge on any atom is 0.271 e. The van der Waals surface area contributed by atoms with E-state index in [1.165, 1.54) is 11.9 Å². The molecule has 0 fully saturated rings. The van der Waals surface area contributed by atoms with E-state index in [1.807, 2.05) is 66.9 Å². The zero-order chi connectivity index (χ0) is 22.1. The number of carbonyl (C=O) groups excluding carboxylic acids is 1. The van der Waals surface area contributed by atoms with Crippen molar-refractivity contribution in [1.82, 2.24) is 5.32 Å². The summed E-state index contributed by atoms with van der Waals surface area (Å²) in [5.74, 6) is 1.17. The molecule has 0 atom stereocenters. The summed E-state index contributed by atoms with van der Waals surface area (Å²) in [5, 5.41) is 2.97. The fraction of sp³-hybridized carbons (Fsp3) is 0.200. The molecule has 0 bridgehead atoms. The smallest absolute Gasteiger partial charge is 0.271 e. The molecule has 3 aromatic rings. The van der Waals surface area contributed by atoms with Crippen molar-refractivity contribution < 1.29 is 14.3 Å². The normalized spacial score (nSPS) is 11.1. The Kier molecular flexibility index (Phi) is 8.12. The van der Waals surface area contributed by atoms with E-state index < -0.39 is 0 Å². The first-order chi connectivity index (χ1) is 15.2. The molecule has 1 N–H and O–H groups in total. The summed E-state index contributed by atoms with van der Waals surface area (Å²) in [6.07, 6.45) is 2.51. The highest BCUT2D eigenvalue weighted by Crippen LogP contribution is 2.27. The third kappa shape index (κ3) is 5.89. The number of carbonyl (C=O) groups is 1. The van der Waals surface area contributed by atoms with Crippen molar-refractivity contribution in [2.75, 3.05) is 27.0 Å². The van der Waals surface area contributed by atoms with Crippen LogP contribution in [0.2, 0.25) is 0 Å². The fourth-order valence-corrected chi connectivity index (χ4v) is 3.58. The number of methoxy groups -OCH3 is 2. The molecule has 0 radical (unpaired) electrons. The number of nitrogens with zero attached hydrogens (tertiary/aromatic N) is 1. The van der Waals surface area contributed by atoms with Gasteiger partial charge in [0.05, 0.1) is 14.2 Å². The highest BCUT2D eigenvalue weighted by molar-refractivity contribution is 7.97. The van der Waals surface area contributed by atoms with Gasteiger partial charge >= 0.3 is 0 Å². The van der Waals surface area contributed by atoms with Gasteiger partial charge in [-0.2, -0.15) is 0 Å². The lowest BCUT2D eigenvalue weighted by Gasteiger charge is -2.11. The molecule has 0 spiro atoms. The molecule has 1 amide bonds. The third-order valence-corrected chi connectivity index (χ3v) is 5.18. The quantitative estimate of drug-likeness (QED) is 0.388. The molecule has 0 saturated carbocycles. The highest BCUT2D eigenvalue weighted by atomic mass is 32.2. The summed E-state index contributed by atoms with van der Waals surface area (Å²) < 4.78 is 15.0. The van der Waals surface area contributed by atoms with Crippen molar-refractivity contribution in [3.8, 4) is 22.6 Å². The molecule has 0 aromatic heterocycles. The number of benzene rings is 3. The van der Waals surface area contributed by atoms with Gasteiger partial charge < -0.3 is 14.8 Å². The van der Waals surface area contributed by atoms with Gasteiger partial charge in [0.1, 0.15) is 5.71 Å². The summed E-state index contributed by atoms with van der Waals surface area (Å²) in [6.45, 7) is 0.490. The van der Waals surface area contributed by atoms with Gasteiger partial charge in [0.15, 0.2) is 11.5 Å². The first-order valence-electron chi connectivity index (χ1n) is 9.92.